The molecule has 5 aliphatic rings. The molecule has 10 heteroatoms. The van der Waals surface area contributed by atoms with Crippen molar-refractivity contribution in [3.05, 3.63) is 47.9 Å². The minimum absolute atomic E-state index is 0.00325. The summed E-state index contributed by atoms with van der Waals surface area (Å²) in [6.07, 6.45) is 4.62. The summed E-state index contributed by atoms with van der Waals surface area (Å²) in [6.45, 7) is 3.02. The van der Waals surface area contributed by atoms with Gasteiger partial charge in [-0.3, -0.25) is 4.79 Å². The molecule has 36 heavy (non-hydrogen) atoms. The number of carbonyl (C=O) groups excluding carboxylic acids is 1. The van der Waals surface area contributed by atoms with E-state index in [0.29, 0.717) is 48.5 Å². The number of sulfone groups is 1. The molecule has 1 atom stereocenters. The topological polar surface area (TPSA) is 101 Å². The fourth-order valence-corrected chi connectivity index (χ4v) is 7.73. The highest BCUT2D eigenvalue weighted by molar-refractivity contribution is 7.92. The maximum atomic E-state index is 15.0. The molecule has 2 aromatic rings. The summed E-state index contributed by atoms with van der Waals surface area (Å²) in [7, 11) is -1.71. The Morgan fingerprint density at radius 2 is 1.92 bits per heavy atom. The van der Waals surface area contributed by atoms with Gasteiger partial charge in [0.2, 0.25) is 15.7 Å². The van der Waals surface area contributed by atoms with Crippen LogP contribution in [0.1, 0.15) is 38.2 Å². The predicted molar refractivity (Wildman–Crippen MR) is 132 cm³/mol. The van der Waals surface area contributed by atoms with Crippen molar-refractivity contribution in [3.8, 4) is 11.1 Å². The molecule has 0 radical (unpaired) electrons. The molecule has 3 heterocycles. The molecule has 8 nitrogen and oxygen atoms in total. The summed E-state index contributed by atoms with van der Waals surface area (Å²) in [4.78, 5) is 24.0. The largest absolute Gasteiger partial charge is 0.390 e. The van der Waals surface area contributed by atoms with Gasteiger partial charge in [0, 0.05) is 47.8 Å². The standard InChI is InChI=1S/C26H29FN4O4S/c1-25(14-31(2)15-25)36(33,34)23-6-4-18(12-28-23)20-5-3-17(7-21(20)27)22-8-19(35-30-22)13-29-24(32)26-9-16(10-26)11-26/h3-7,12,16,19H,8-11,13-15H2,1-2H3,(H,29,32)/t16?,19-,26?/m1/s1. The van der Waals surface area contributed by atoms with Gasteiger partial charge in [-0.2, -0.15) is 0 Å². The maximum absolute atomic E-state index is 15.0. The average molecular weight is 513 g/mol. The van der Waals surface area contributed by atoms with Crippen LogP contribution in [-0.2, 0) is 19.5 Å². The van der Waals surface area contributed by atoms with Gasteiger partial charge in [0.05, 0.1) is 12.3 Å². The average Bonchev–Trinajstić information content (AvgIpc) is 3.24. The summed E-state index contributed by atoms with van der Waals surface area (Å²) >= 11 is 0. The highest BCUT2D eigenvalue weighted by atomic mass is 32.2. The first-order valence-electron chi connectivity index (χ1n) is 12.3. The van der Waals surface area contributed by atoms with Crippen molar-refractivity contribution in [2.75, 3.05) is 26.7 Å². The van der Waals surface area contributed by atoms with E-state index in [9.17, 15) is 13.2 Å². The highest BCUT2D eigenvalue weighted by Crippen LogP contribution is 2.64. The number of halogens is 1. The van der Waals surface area contributed by atoms with E-state index in [-0.39, 0.29) is 22.5 Å². The van der Waals surface area contributed by atoms with Crippen molar-refractivity contribution in [1.29, 1.82) is 0 Å². The van der Waals surface area contributed by atoms with Gasteiger partial charge in [-0.1, -0.05) is 17.3 Å². The van der Waals surface area contributed by atoms with E-state index >= 15 is 4.39 Å². The number of pyridine rings is 1. The van der Waals surface area contributed by atoms with Crippen molar-refractivity contribution in [3.63, 3.8) is 0 Å². The zero-order valence-electron chi connectivity index (χ0n) is 20.3. The third-order valence-electron chi connectivity index (χ3n) is 8.23. The monoisotopic (exact) mass is 512 g/mol. The first-order valence-corrected chi connectivity index (χ1v) is 13.8. The van der Waals surface area contributed by atoms with E-state index in [4.69, 9.17) is 4.84 Å². The lowest BCUT2D eigenvalue weighted by molar-refractivity contribution is -0.165. The van der Waals surface area contributed by atoms with Crippen molar-refractivity contribution in [2.45, 2.75) is 48.5 Å². The molecule has 4 fully saturated rings. The molecule has 1 saturated heterocycles. The zero-order valence-corrected chi connectivity index (χ0v) is 21.1. The van der Waals surface area contributed by atoms with Gasteiger partial charge < -0.3 is 15.1 Å². The zero-order chi connectivity index (χ0) is 25.3. The number of nitrogens with zero attached hydrogens (tertiary/aromatic N) is 3. The van der Waals surface area contributed by atoms with E-state index in [1.165, 1.54) is 18.3 Å². The number of benzene rings is 1. The Morgan fingerprint density at radius 3 is 2.50 bits per heavy atom. The normalized spacial score (nSPS) is 28.2. The summed E-state index contributed by atoms with van der Waals surface area (Å²) in [5, 5.41) is 7.10. The van der Waals surface area contributed by atoms with Crippen LogP contribution in [0.5, 0.6) is 0 Å². The molecule has 3 aliphatic carbocycles. The number of rotatable bonds is 7. The van der Waals surface area contributed by atoms with Crippen LogP contribution in [0.25, 0.3) is 11.1 Å². The lowest BCUT2D eigenvalue weighted by atomic mass is 9.44. The number of hydrogen-bond acceptors (Lipinski definition) is 7. The fraction of sp³-hybridized carbons (Fsp3) is 0.500. The lowest BCUT2D eigenvalue weighted by Gasteiger charge is -2.60. The van der Waals surface area contributed by atoms with Gasteiger partial charge in [0.1, 0.15) is 16.7 Å². The summed E-state index contributed by atoms with van der Waals surface area (Å²) in [5.74, 6) is 0.394. The molecular formula is C26H29FN4O4S. The predicted octanol–water partition coefficient (Wildman–Crippen LogP) is 2.77. The highest BCUT2D eigenvalue weighted by Gasteiger charge is 2.61. The van der Waals surface area contributed by atoms with Crippen LogP contribution in [0.4, 0.5) is 4.39 Å². The molecule has 7 rings (SSSR count). The maximum Gasteiger partial charge on any atom is 0.226 e. The Balaban J connectivity index is 1.10. The molecule has 1 aromatic heterocycles. The molecule has 3 saturated carbocycles. The Morgan fingerprint density at radius 1 is 1.19 bits per heavy atom. The molecule has 1 amide bonds. The lowest BCUT2D eigenvalue weighted by Crippen LogP contribution is -2.62. The molecule has 0 spiro atoms. The molecule has 0 unspecified atom stereocenters. The van der Waals surface area contributed by atoms with Crippen LogP contribution >= 0.6 is 0 Å². The summed E-state index contributed by atoms with van der Waals surface area (Å²) in [5.41, 5.74) is 1.93. The Kier molecular flexibility index (Phi) is 5.28. The first-order chi connectivity index (χ1) is 17.1. The summed E-state index contributed by atoms with van der Waals surface area (Å²) in [6, 6.07) is 7.83. The molecule has 2 aliphatic heterocycles. The fourth-order valence-electron chi connectivity index (χ4n) is 6.00. The SMILES string of the molecule is CN1CC(C)(S(=O)(=O)c2ccc(-c3ccc(C4=NO[C@@H](CNC(=O)C56CC(C5)C6)C4)cc3F)cn2)C1. The Hall–Kier alpha value is -2.85. The number of hydrogen-bond donors (Lipinski definition) is 1. The van der Waals surface area contributed by atoms with Gasteiger partial charge in [0.15, 0.2) is 5.03 Å². The van der Waals surface area contributed by atoms with Crippen LogP contribution in [0.15, 0.2) is 46.7 Å². The van der Waals surface area contributed by atoms with E-state index in [1.807, 2.05) is 11.9 Å². The van der Waals surface area contributed by atoms with E-state index in [1.54, 1.807) is 25.1 Å². The quantitative estimate of drug-likeness (QED) is 0.612. The molecule has 1 N–H and O–H groups in total. The number of likely N-dealkylation sites (tertiary alicyclic amines) is 1. The first kappa shape index (κ1) is 23.5. The minimum atomic E-state index is -3.58. The molecule has 1 aromatic carbocycles. The van der Waals surface area contributed by atoms with Crippen LogP contribution in [0.3, 0.4) is 0 Å². The number of oxime groups is 1. The number of carbonyl (C=O) groups is 1. The second kappa shape index (κ2) is 8.08. The second-order valence-electron chi connectivity index (χ2n) is 11.1. The molecule has 190 valence electrons. The van der Waals surface area contributed by atoms with Crippen LogP contribution in [-0.4, -0.2) is 67.5 Å². The van der Waals surface area contributed by atoms with E-state index < -0.39 is 20.4 Å². The van der Waals surface area contributed by atoms with Crippen LogP contribution < -0.4 is 5.32 Å². The molecule has 2 bridgehead atoms. The third kappa shape index (κ3) is 3.64. The van der Waals surface area contributed by atoms with Crippen LogP contribution in [0, 0.1) is 17.2 Å². The minimum Gasteiger partial charge on any atom is -0.390 e. The third-order valence-corrected chi connectivity index (χ3v) is 10.6. The number of nitrogens with one attached hydrogen (secondary N) is 1. The Labute approximate surface area is 209 Å². The summed E-state index contributed by atoms with van der Waals surface area (Å²) < 4.78 is 40.1. The second-order valence-corrected chi connectivity index (χ2v) is 13.6. The van der Waals surface area contributed by atoms with E-state index in [2.05, 4.69) is 15.5 Å². The van der Waals surface area contributed by atoms with Crippen molar-refractivity contribution in [2.24, 2.45) is 16.5 Å². The number of aromatic nitrogens is 1. The number of amides is 1. The van der Waals surface area contributed by atoms with Crippen molar-refractivity contribution in [1.82, 2.24) is 15.2 Å². The smallest absolute Gasteiger partial charge is 0.226 e. The van der Waals surface area contributed by atoms with Gasteiger partial charge in [0.25, 0.3) is 0 Å². The van der Waals surface area contributed by atoms with Gasteiger partial charge in [-0.15, -0.1) is 0 Å². The van der Waals surface area contributed by atoms with E-state index in [0.717, 1.165) is 25.2 Å². The van der Waals surface area contributed by atoms with Crippen molar-refractivity contribution >= 4 is 21.5 Å². The van der Waals surface area contributed by atoms with Gasteiger partial charge >= 0.3 is 0 Å². The van der Waals surface area contributed by atoms with Crippen molar-refractivity contribution < 1.29 is 22.4 Å². The Bertz CT molecular complexity index is 1350. The molecular weight excluding hydrogens is 483 g/mol. The van der Waals surface area contributed by atoms with Crippen LogP contribution in [0.2, 0.25) is 0 Å². The van der Waals surface area contributed by atoms with Gasteiger partial charge in [-0.05, 0) is 57.4 Å². The van der Waals surface area contributed by atoms with Gasteiger partial charge in [-0.25, -0.2) is 17.8 Å².